The number of hydrogen-bond donors (Lipinski definition) is 1. The summed E-state index contributed by atoms with van der Waals surface area (Å²) in [7, 11) is 1.59. The number of carbonyl (C=O) groups excluding carboxylic acids is 1. The first-order valence-corrected chi connectivity index (χ1v) is 11.8. The molecule has 0 aliphatic rings. The van der Waals surface area contributed by atoms with Crippen LogP contribution in [0, 0.1) is 0 Å². The third-order valence-corrected chi connectivity index (χ3v) is 6.07. The van der Waals surface area contributed by atoms with Gasteiger partial charge in [0, 0.05) is 19.3 Å². The fourth-order valence-corrected chi connectivity index (χ4v) is 4.08. The Kier molecular flexibility index (Phi) is 7.57. The fourth-order valence-electron chi connectivity index (χ4n) is 4.08. The molecule has 180 valence electrons. The summed E-state index contributed by atoms with van der Waals surface area (Å²) < 4.78 is 6.90. The molecule has 1 heterocycles. The zero-order chi connectivity index (χ0) is 24.8. The molecule has 0 aliphatic heterocycles. The number of anilines is 1. The molecule has 7 heteroatoms. The molecule has 1 atom stereocenters. The topological polar surface area (TPSA) is 76.5 Å². The monoisotopic (exact) mass is 470 g/mol. The van der Waals surface area contributed by atoms with Crippen molar-refractivity contribution in [1.82, 2.24) is 14.5 Å². The van der Waals surface area contributed by atoms with Gasteiger partial charge in [-0.15, -0.1) is 0 Å². The molecule has 35 heavy (non-hydrogen) atoms. The number of nitrogens with one attached hydrogen (secondary N) is 1. The summed E-state index contributed by atoms with van der Waals surface area (Å²) >= 11 is 0. The number of ether oxygens (including phenoxy) is 1. The van der Waals surface area contributed by atoms with Crippen LogP contribution in [-0.4, -0.2) is 40.7 Å². The molecule has 0 radical (unpaired) electrons. The minimum absolute atomic E-state index is 0.170. The van der Waals surface area contributed by atoms with Crippen molar-refractivity contribution < 1.29 is 9.53 Å². The molecule has 2 amide bonds. The summed E-state index contributed by atoms with van der Waals surface area (Å²) in [5.41, 5.74) is 3.00. The van der Waals surface area contributed by atoms with E-state index in [4.69, 9.17) is 9.72 Å². The highest BCUT2D eigenvalue weighted by atomic mass is 16.5. The van der Waals surface area contributed by atoms with Crippen LogP contribution in [-0.2, 0) is 11.2 Å². The lowest BCUT2D eigenvalue weighted by molar-refractivity contribution is 0.137. The number of aryl methyl sites for hydroxylation is 1. The third kappa shape index (κ3) is 5.25. The Morgan fingerprint density at radius 1 is 1.03 bits per heavy atom. The lowest BCUT2D eigenvalue weighted by Crippen LogP contribution is -2.41. The molecule has 0 bridgehead atoms. The highest BCUT2D eigenvalue weighted by molar-refractivity contribution is 5.89. The normalized spacial score (nSPS) is 11.9. The van der Waals surface area contributed by atoms with Gasteiger partial charge in [0.1, 0.15) is 5.82 Å². The smallest absolute Gasteiger partial charge is 0.322 e. The third-order valence-electron chi connectivity index (χ3n) is 6.07. The van der Waals surface area contributed by atoms with Crippen LogP contribution in [0.5, 0.6) is 0 Å². The zero-order valence-electron chi connectivity index (χ0n) is 20.3. The lowest BCUT2D eigenvalue weighted by Gasteiger charge is -2.30. The van der Waals surface area contributed by atoms with Crippen molar-refractivity contribution in [3.05, 3.63) is 101 Å². The van der Waals surface area contributed by atoms with Crippen molar-refractivity contribution in [2.75, 3.05) is 25.6 Å². The zero-order valence-corrected chi connectivity index (χ0v) is 20.3. The summed E-state index contributed by atoms with van der Waals surface area (Å²) in [4.78, 5) is 33.6. The van der Waals surface area contributed by atoms with Crippen LogP contribution in [0.2, 0.25) is 0 Å². The first kappa shape index (κ1) is 24.2. The highest BCUT2D eigenvalue weighted by Crippen LogP contribution is 2.24. The summed E-state index contributed by atoms with van der Waals surface area (Å²) in [5, 5.41) is 3.47. The van der Waals surface area contributed by atoms with Crippen LogP contribution in [0.4, 0.5) is 10.5 Å². The number of aromatic nitrogens is 2. The molecule has 1 unspecified atom stereocenters. The fraction of sp³-hybridized carbons (Fsp3) is 0.250. The standard InChI is InChI=1S/C28H30N4O3/c1-4-21-14-16-23(17-15-21)32-26(30-25-13-9-8-12-24(25)27(32)33)20(2)31(18-19-35-3)28(34)29-22-10-6-5-7-11-22/h5-17,20H,4,18-19H2,1-3H3,(H,29,34). The molecule has 0 spiro atoms. The van der Waals surface area contributed by atoms with Gasteiger partial charge in [-0.2, -0.15) is 0 Å². The van der Waals surface area contributed by atoms with Gasteiger partial charge in [0.05, 0.1) is 29.2 Å². The van der Waals surface area contributed by atoms with E-state index in [2.05, 4.69) is 12.2 Å². The van der Waals surface area contributed by atoms with Gasteiger partial charge in [-0.05, 0) is 55.3 Å². The second kappa shape index (κ2) is 11.0. The van der Waals surface area contributed by atoms with Gasteiger partial charge in [-0.1, -0.05) is 49.4 Å². The number of carbonyl (C=O) groups is 1. The number of fused-ring (bicyclic) bond motifs is 1. The van der Waals surface area contributed by atoms with E-state index in [1.807, 2.05) is 79.7 Å². The second-order valence-electron chi connectivity index (χ2n) is 8.31. The Morgan fingerprint density at radius 2 is 1.71 bits per heavy atom. The van der Waals surface area contributed by atoms with E-state index in [0.29, 0.717) is 41.3 Å². The molecule has 7 nitrogen and oxygen atoms in total. The van der Waals surface area contributed by atoms with Gasteiger partial charge in [-0.25, -0.2) is 9.78 Å². The minimum Gasteiger partial charge on any atom is -0.383 e. The summed E-state index contributed by atoms with van der Waals surface area (Å²) in [6, 6.07) is 23.6. The van der Waals surface area contributed by atoms with Gasteiger partial charge >= 0.3 is 6.03 Å². The number of rotatable bonds is 8. The van der Waals surface area contributed by atoms with Crippen molar-refractivity contribution in [2.45, 2.75) is 26.3 Å². The van der Waals surface area contributed by atoms with E-state index in [0.717, 1.165) is 6.42 Å². The van der Waals surface area contributed by atoms with Gasteiger partial charge in [-0.3, -0.25) is 9.36 Å². The molecule has 0 saturated carbocycles. The number of amides is 2. The van der Waals surface area contributed by atoms with Crippen LogP contribution < -0.4 is 10.9 Å². The first-order valence-electron chi connectivity index (χ1n) is 11.8. The Hall–Kier alpha value is -3.97. The summed E-state index contributed by atoms with van der Waals surface area (Å²) in [5.74, 6) is 0.484. The Morgan fingerprint density at radius 3 is 2.40 bits per heavy atom. The van der Waals surface area contributed by atoms with Gasteiger partial charge in [0.25, 0.3) is 5.56 Å². The molecule has 1 N–H and O–H groups in total. The minimum atomic E-state index is -0.517. The number of nitrogens with zero attached hydrogens (tertiary/aromatic N) is 3. The molecule has 1 aromatic heterocycles. The van der Waals surface area contributed by atoms with Crippen LogP contribution in [0.25, 0.3) is 16.6 Å². The van der Waals surface area contributed by atoms with E-state index < -0.39 is 6.04 Å². The van der Waals surface area contributed by atoms with E-state index in [1.165, 1.54) is 5.56 Å². The number of urea groups is 1. The second-order valence-corrected chi connectivity index (χ2v) is 8.31. The van der Waals surface area contributed by atoms with E-state index in [1.54, 1.807) is 22.6 Å². The summed E-state index contributed by atoms with van der Waals surface area (Å²) in [6.45, 7) is 4.64. The number of para-hydroxylation sites is 2. The molecular weight excluding hydrogens is 440 g/mol. The van der Waals surface area contributed by atoms with Crippen molar-refractivity contribution in [2.24, 2.45) is 0 Å². The molecule has 0 saturated heterocycles. The Labute approximate surface area is 205 Å². The van der Waals surface area contributed by atoms with E-state index >= 15 is 0 Å². The van der Waals surface area contributed by atoms with Crippen LogP contribution in [0.15, 0.2) is 83.7 Å². The Bertz CT molecular complexity index is 1350. The highest BCUT2D eigenvalue weighted by Gasteiger charge is 2.27. The molecule has 4 rings (SSSR count). The van der Waals surface area contributed by atoms with Gasteiger partial charge in [0.15, 0.2) is 0 Å². The number of methoxy groups -OCH3 is 1. The maximum Gasteiger partial charge on any atom is 0.322 e. The maximum atomic E-state index is 13.7. The quantitative estimate of drug-likeness (QED) is 0.385. The first-order chi connectivity index (χ1) is 17.0. The molecular formula is C28H30N4O3. The van der Waals surface area contributed by atoms with Crippen molar-refractivity contribution in [1.29, 1.82) is 0 Å². The van der Waals surface area contributed by atoms with E-state index in [-0.39, 0.29) is 11.6 Å². The number of benzene rings is 3. The SMILES string of the molecule is CCc1ccc(-n2c(C(C)N(CCOC)C(=O)Nc3ccccc3)nc3ccccc3c2=O)cc1. The van der Waals surface area contributed by atoms with E-state index in [9.17, 15) is 9.59 Å². The molecule has 4 aromatic rings. The van der Waals surface area contributed by atoms with Crippen molar-refractivity contribution in [3.8, 4) is 5.69 Å². The van der Waals surface area contributed by atoms with Crippen LogP contribution >= 0.6 is 0 Å². The van der Waals surface area contributed by atoms with Crippen molar-refractivity contribution in [3.63, 3.8) is 0 Å². The summed E-state index contributed by atoms with van der Waals surface area (Å²) in [6.07, 6.45) is 0.902. The predicted octanol–water partition coefficient (Wildman–Crippen LogP) is 5.19. The maximum absolute atomic E-state index is 13.7. The van der Waals surface area contributed by atoms with Crippen LogP contribution in [0.1, 0.15) is 31.3 Å². The number of hydrogen-bond acceptors (Lipinski definition) is 4. The van der Waals surface area contributed by atoms with Gasteiger partial charge in [0.2, 0.25) is 0 Å². The van der Waals surface area contributed by atoms with Crippen molar-refractivity contribution >= 4 is 22.6 Å². The average molecular weight is 471 g/mol. The Balaban J connectivity index is 1.82. The van der Waals surface area contributed by atoms with Crippen LogP contribution in [0.3, 0.4) is 0 Å². The molecule has 0 fully saturated rings. The van der Waals surface area contributed by atoms with Gasteiger partial charge < -0.3 is 15.0 Å². The largest absolute Gasteiger partial charge is 0.383 e. The average Bonchev–Trinajstić information content (AvgIpc) is 2.89. The molecule has 3 aromatic carbocycles. The lowest BCUT2D eigenvalue weighted by atomic mass is 10.1. The predicted molar refractivity (Wildman–Crippen MR) is 139 cm³/mol. The molecule has 0 aliphatic carbocycles.